The van der Waals surface area contributed by atoms with Crippen LogP contribution in [0.5, 0.6) is 0 Å². The highest BCUT2D eigenvalue weighted by Gasteiger charge is 2.39. The standard InChI is InChI=1S/C13H18N2O5S2/c1-9-5-6-10(21(2,17)18)8-12(9)22(19,20)15-7-3-4-11(15)13(14)16/h5-6,8,11H,3-4,7H2,1-2H3,(H2,14,16)/t11-/m0/s1. The van der Waals surface area contributed by atoms with Crippen LogP contribution in [0.3, 0.4) is 0 Å². The molecule has 1 aliphatic rings. The third kappa shape index (κ3) is 3.01. The Morgan fingerprint density at radius 3 is 2.45 bits per heavy atom. The summed E-state index contributed by atoms with van der Waals surface area (Å²) in [5.41, 5.74) is 5.68. The lowest BCUT2D eigenvalue weighted by Crippen LogP contribution is -2.43. The maximum absolute atomic E-state index is 12.8. The van der Waals surface area contributed by atoms with E-state index in [4.69, 9.17) is 5.73 Å². The summed E-state index contributed by atoms with van der Waals surface area (Å²) < 4.78 is 49.9. The fourth-order valence-electron chi connectivity index (χ4n) is 2.53. The third-order valence-electron chi connectivity index (χ3n) is 3.71. The molecule has 1 aliphatic heterocycles. The molecule has 7 nitrogen and oxygen atoms in total. The van der Waals surface area contributed by atoms with Gasteiger partial charge in [-0.3, -0.25) is 4.79 Å². The van der Waals surface area contributed by atoms with Crippen molar-refractivity contribution in [3.63, 3.8) is 0 Å². The maximum atomic E-state index is 12.8. The summed E-state index contributed by atoms with van der Waals surface area (Å²) in [5, 5.41) is 0. The van der Waals surface area contributed by atoms with Gasteiger partial charge in [-0.15, -0.1) is 0 Å². The van der Waals surface area contributed by atoms with Gasteiger partial charge in [-0.2, -0.15) is 4.31 Å². The van der Waals surface area contributed by atoms with Crippen LogP contribution < -0.4 is 5.73 Å². The molecule has 1 fully saturated rings. The summed E-state index contributed by atoms with van der Waals surface area (Å²) in [6.45, 7) is 1.77. The highest BCUT2D eigenvalue weighted by Crippen LogP contribution is 2.29. The van der Waals surface area contributed by atoms with E-state index in [9.17, 15) is 21.6 Å². The van der Waals surface area contributed by atoms with E-state index in [-0.39, 0.29) is 16.3 Å². The van der Waals surface area contributed by atoms with Gasteiger partial charge in [0.1, 0.15) is 6.04 Å². The highest BCUT2D eigenvalue weighted by atomic mass is 32.2. The molecular formula is C13H18N2O5S2. The number of hydrogen-bond acceptors (Lipinski definition) is 5. The number of carbonyl (C=O) groups excluding carboxylic acids is 1. The summed E-state index contributed by atoms with van der Waals surface area (Å²) in [4.78, 5) is 11.2. The second-order valence-corrected chi connectivity index (χ2v) is 9.25. The highest BCUT2D eigenvalue weighted by molar-refractivity contribution is 7.91. The Balaban J connectivity index is 2.57. The normalized spacial score (nSPS) is 20.2. The first kappa shape index (κ1) is 16.9. The molecule has 0 spiro atoms. The second-order valence-electron chi connectivity index (χ2n) is 5.38. The Labute approximate surface area is 130 Å². The van der Waals surface area contributed by atoms with Crippen LogP contribution >= 0.6 is 0 Å². The van der Waals surface area contributed by atoms with E-state index in [0.29, 0.717) is 18.4 Å². The van der Waals surface area contributed by atoms with Crippen molar-refractivity contribution < 1.29 is 21.6 Å². The van der Waals surface area contributed by atoms with E-state index in [1.54, 1.807) is 6.92 Å². The van der Waals surface area contributed by atoms with Crippen LogP contribution in [0.25, 0.3) is 0 Å². The van der Waals surface area contributed by atoms with Gasteiger partial charge in [-0.1, -0.05) is 6.07 Å². The average Bonchev–Trinajstić information content (AvgIpc) is 2.87. The van der Waals surface area contributed by atoms with Crippen LogP contribution in [0.2, 0.25) is 0 Å². The van der Waals surface area contributed by atoms with Crippen molar-refractivity contribution in [2.45, 2.75) is 35.6 Å². The number of amides is 1. The van der Waals surface area contributed by atoms with Crippen LogP contribution in [0.4, 0.5) is 0 Å². The zero-order chi connectivity index (χ0) is 16.7. The molecule has 0 bridgehead atoms. The zero-order valence-corrected chi connectivity index (χ0v) is 13.9. The quantitative estimate of drug-likeness (QED) is 0.826. The molecule has 22 heavy (non-hydrogen) atoms. The molecule has 9 heteroatoms. The smallest absolute Gasteiger partial charge is 0.244 e. The Hall–Kier alpha value is -1.45. The lowest BCUT2D eigenvalue weighted by Gasteiger charge is -2.22. The van der Waals surface area contributed by atoms with E-state index in [1.165, 1.54) is 12.1 Å². The topological polar surface area (TPSA) is 115 Å². The van der Waals surface area contributed by atoms with E-state index < -0.39 is 31.8 Å². The number of hydrogen-bond donors (Lipinski definition) is 1. The van der Waals surface area contributed by atoms with Gasteiger partial charge in [0.2, 0.25) is 15.9 Å². The number of carbonyl (C=O) groups is 1. The largest absolute Gasteiger partial charge is 0.368 e. The lowest BCUT2D eigenvalue weighted by atomic mass is 10.2. The molecule has 0 radical (unpaired) electrons. The minimum Gasteiger partial charge on any atom is -0.368 e. The first-order chi connectivity index (χ1) is 10.0. The first-order valence-corrected chi connectivity index (χ1v) is 10.00. The Kier molecular flexibility index (Phi) is 4.33. The van der Waals surface area contributed by atoms with Gasteiger partial charge in [0, 0.05) is 12.8 Å². The molecule has 1 atom stereocenters. The van der Waals surface area contributed by atoms with Gasteiger partial charge in [0.25, 0.3) is 0 Å². The fraction of sp³-hybridized carbons (Fsp3) is 0.462. The van der Waals surface area contributed by atoms with E-state index in [0.717, 1.165) is 16.6 Å². The fourth-order valence-corrected chi connectivity index (χ4v) is 5.17. The zero-order valence-electron chi connectivity index (χ0n) is 12.3. The Morgan fingerprint density at radius 1 is 1.27 bits per heavy atom. The predicted octanol–water partition coefficient (Wildman–Crippen LogP) is 0.0369. The number of nitrogens with zero attached hydrogens (tertiary/aromatic N) is 1. The van der Waals surface area contributed by atoms with Crippen LogP contribution in [-0.2, 0) is 24.7 Å². The average molecular weight is 346 g/mol. The molecule has 0 aromatic heterocycles. The van der Waals surface area contributed by atoms with Crippen molar-refractivity contribution in [3.05, 3.63) is 23.8 Å². The van der Waals surface area contributed by atoms with Crippen molar-refractivity contribution in [2.75, 3.05) is 12.8 Å². The number of sulfonamides is 1. The predicted molar refractivity (Wildman–Crippen MR) is 80.4 cm³/mol. The van der Waals surface area contributed by atoms with Crippen molar-refractivity contribution in [2.24, 2.45) is 5.73 Å². The van der Waals surface area contributed by atoms with Gasteiger partial charge in [0.15, 0.2) is 9.84 Å². The molecule has 2 rings (SSSR count). The second kappa shape index (κ2) is 5.64. The first-order valence-electron chi connectivity index (χ1n) is 6.67. The minimum absolute atomic E-state index is 0.0773. The summed E-state index contributed by atoms with van der Waals surface area (Å²) in [7, 11) is -7.51. The van der Waals surface area contributed by atoms with Crippen molar-refractivity contribution in [3.8, 4) is 0 Å². The Bertz CT molecular complexity index is 815. The van der Waals surface area contributed by atoms with Crippen molar-refractivity contribution in [1.29, 1.82) is 0 Å². The van der Waals surface area contributed by atoms with Crippen LogP contribution in [0, 0.1) is 6.92 Å². The Morgan fingerprint density at radius 2 is 1.91 bits per heavy atom. The summed E-state index contributed by atoms with van der Waals surface area (Å²) in [6.07, 6.45) is 1.92. The summed E-state index contributed by atoms with van der Waals surface area (Å²) >= 11 is 0. The van der Waals surface area contributed by atoms with Gasteiger partial charge in [-0.05, 0) is 37.5 Å². The lowest BCUT2D eigenvalue weighted by molar-refractivity contribution is -0.121. The van der Waals surface area contributed by atoms with Crippen LogP contribution in [0.1, 0.15) is 18.4 Å². The van der Waals surface area contributed by atoms with Crippen molar-refractivity contribution >= 4 is 25.8 Å². The SMILES string of the molecule is Cc1ccc(S(C)(=O)=O)cc1S(=O)(=O)N1CCC[C@H]1C(N)=O. The molecule has 1 heterocycles. The summed E-state index contributed by atoms with van der Waals surface area (Å²) in [5.74, 6) is -0.696. The molecule has 1 amide bonds. The summed E-state index contributed by atoms with van der Waals surface area (Å²) in [6, 6.07) is 3.06. The van der Waals surface area contributed by atoms with Gasteiger partial charge in [-0.25, -0.2) is 16.8 Å². The number of primary amides is 1. The maximum Gasteiger partial charge on any atom is 0.244 e. The van der Waals surface area contributed by atoms with E-state index in [2.05, 4.69) is 0 Å². The molecule has 0 saturated carbocycles. The van der Waals surface area contributed by atoms with E-state index in [1.807, 2.05) is 0 Å². The third-order valence-corrected chi connectivity index (χ3v) is 6.87. The number of sulfone groups is 1. The number of aryl methyl sites for hydroxylation is 1. The number of nitrogens with two attached hydrogens (primary N) is 1. The van der Waals surface area contributed by atoms with E-state index >= 15 is 0 Å². The molecule has 2 N–H and O–H groups in total. The van der Waals surface area contributed by atoms with Crippen molar-refractivity contribution in [1.82, 2.24) is 4.31 Å². The van der Waals surface area contributed by atoms with Gasteiger partial charge in [0.05, 0.1) is 9.79 Å². The number of benzene rings is 1. The molecule has 1 aromatic rings. The number of rotatable bonds is 4. The van der Waals surface area contributed by atoms with Gasteiger partial charge >= 0.3 is 0 Å². The molecule has 1 aromatic carbocycles. The van der Waals surface area contributed by atoms with Gasteiger partial charge < -0.3 is 5.73 Å². The van der Waals surface area contributed by atoms with Crippen LogP contribution in [-0.4, -0.2) is 45.9 Å². The molecule has 0 aliphatic carbocycles. The minimum atomic E-state index is -3.98. The molecule has 0 unspecified atom stereocenters. The monoisotopic (exact) mass is 346 g/mol. The molecule has 122 valence electrons. The molecular weight excluding hydrogens is 328 g/mol. The van der Waals surface area contributed by atoms with Crippen LogP contribution in [0.15, 0.2) is 28.0 Å². The molecule has 1 saturated heterocycles.